The van der Waals surface area contributed by atoms with Crippen LogP contribution in [0.2, 0.25) is 0 Å². The molecule has 3 heteroatoms. The summed E-state index contributed by atoms with van der Waals surface area (Å²) in [6.07, 6.45) is 3.00. The van der Waals surface area contributed by atoms with E-state index in [0.29, 0.717) is 13.2 Å². The van der Waals surface area contributed by atoms with Gasteiger partial charge in [0.1, 0.15) is 0 Å². The Morgan fingerprint density at radius 3 is 2.18 bits per heavy atom. The van der Waals surface area contributed by atoms with Crippen LogP contribution < -0.4 is 0 Å². The summed E-state index contributed by atoms with van der Waals surface area (Å²) in [5.41, 5.74) is 0. The monoisotopic (exact) mass is 160 g/mol. The van der Waals surface area contributed by atoms with Crippen molar-refractivity contribution in [2.75, 3.05) is 19.8 Å². The van der Waals surface area contributed by atoms with E-state index in [1.54, 1.807) is 12.2 Å². The van der Waals surface area contributed by atoms with E-state index >= 15 is 0 Å². The van der Waals surface area contributed by atoms with Crippen molar-refractivity contribution in [3.05, 3.63) is 12.2 Å². The molecule has 0 unspecified atom stereocenters. The summed E-state index contributed by atoms with van der Waals surface area (Å²) in [4.78, 5) is 0. The molecule has 0 saturated heterocycles. The van der Waals surface area contributed by atoms with Crippen LogP contribution in [0.5, 0.6) is 0 Å². The molecule has 0 fully saturated rings. The van der Waals surface area contributed by atoms with Crippen molar-refractivity contribution in [3.8, 4) is 0 Å². The number of rotatable bonds is 6. The van der Waals surface area contributed by atoms with Gasteiger partial charge in [-0.1, -0.05) is 6.08 Å². The van der Waals surface area contributed by atoms with Gasteiger partial charge in [-0.05, 0) is 19.9 Å². The van der Waals surface area contributed by atoms with Crippen LogP contribution >= 0.6 is 0 Å². The van der Waals surface area contributed by atoms with Gasteiger partial charge in [-0.25, -0.2) is 0 Å². The first-order valence-electron chi connectivity index (χ1n) is 3.85. The van der Waals surface area contributed by atoms with Gasteiger partial charge in [0.05, 0.1) is 6.61 Å². The summed E-state index contributed by atoms with van der Waals surface area (Å²) in [6, 6.07) is 0. The molecule has 0 radical (unpaired) electrons. The van der Waals surface area contributed by atoms with Crippen molar-refractivity contribution >= 4 is 0 Å². The van der Waals surface area contributed by atoms with Gasteiger partial charge in [-0.2, -0.15) is 0 Å². The van der Waals surface area contributed by atoms with Crippen LogP contribution in [0.3, 0.4) is 0 Å². The Bertz CT molecular complexity index is 95.5. The fourth-order valence-corrected chi connectivity index (χ4v) is 0.660. The second kappa shape index (κ2) is 7.72. The Kier molecular flexibility index (Phi) is 7.46. The van der Waals surface area contributed by atoms with Gasteiger partial charge in [-0.15, -0.1) is 0 Å². The van der Waals surface area contributed by atoms with Crippen LogP contribution in [0, 0.1) is 0 Å². The lowest BCUT2D eigenvalue weighted by Crippen LogP contribution is -2.14. The van der Waals surface area contributed by atoms with E-state index in [1.807, 2.05) is 13.8 Å². The third-order valence-corrected chi connectivity index (χ3v) is 1.06. The number of aliphatic hydroxyl groups excluding tert-OH is 1. The molecule has 0 spiro atoms. The molecule has 0 aromatic rings. The zero-order chi connectivity index (χ0) is 8.53. The summed E-state index contributed by atoms with van der Waals surface area (Å²) in [7, 11) is 0. The van der Waals surface area contributed by atoms with Crippen LogP contribution in [-0.4, -0.2) is 31.2 Å². The number of ether oxygens (including phenoxy) is 2. The number of hydrogen-bond donors (Lipinski definition) is 1. The van der Waals surface area contributed by atoms with Gasteiger partial charge in [0.2, 0.25) is 0 Å². The Labute approximate surface area is 67.6 Å². The minimum absolute atomic E-state index is 0.0245. The summed E-state index contributed by atoms with van der Waals surface area (Å²) >= 11 is 0. The molecule has 1 N–H and O–H groups in total. The molecule has 0 aliphatic rings. The first-order valence-corrected chi connectivity index (χ1v) is 3.85. The van der Waals surface area contributed by atoms with Crippen LogP contribution in [0.1, 0.15) is 13.8 Å². The van der Waals surface area contributed by atoms with E-state index in [2.05, 4.69) is 0 Å². The maximum Gasteiger partial charge on any atom is 0.176 e. The van der Waals surface area contributed by atoms with E-state index < -0.39 is 0 Å². The average Bonchev–Trinajstić information content (AvgIpc) is 2.01. The van der Waals surface area contributed by atoms with Crippen LogP contribution in [0.25, 0.3) is 0 Å². The summed E-state index contributed by atoms with van der Waals surface area (Å²) in [5.74, 6) is 0. The third kappa shape index (κ3) is 6.04. The molecule has 3 nitrogen and oxygen atoms in total. The van der Waals surface area contributed by atoms with Gasteiger partial charge in [-0.3, -0.25) is 0 Å². The summed E-state index contributed by atoms with van der Waals surface area (Å²) in [6.45, 7) is 5.05. The van der Waals surface area contributed by atoms with Gasteiger partial charge in [0, 0.05) is 13.2 Å². The fraction of sp³-hybridized carbons (Fsp3) is 0.750. The fourth-order valence-electron chi connectivity index (χ4n) is 0.660. The molecule has 0 rings (SSSR count). The van der Waals surface area contributed by atoms with Crippen molar-refractivity contribution in [3.63, 3.8) is 0 Å². The highest BCUT2D eigenvalue weighted by Crippen LogP contribution is 1.96. The van der Waals surface area contributed by atoms with E-state index in [-0.39, 0.29) is 12.9 Å². The van der Waals surface area contributed by atoms with Crippen LogP contribution in [0.4, 0.5) is 0 Å². The molecule has 11 heavy (non-hydrogen) atoms. The number of aliphatic hydroxyl groups is 1. The Morgan fingerprint density at radius 2 is 1.82 bits per heavy atom. The van der Waals surface area contributed by atoms with Gasteiger partial charge in [0.15, 0.2) is 6.29 Å². The lowest BCUT2D eigenvalue weighted by Gasteiger charge is -2.11. The minimum atomic E-state index is -0.308. The van der Waals surface area contributed by atoms with Crippen molar-refractivity contribution in [2.24, 2.45) is 0 Å². The van der Waals surface area contributed by atoms with E-state index in [4.69, 9.17) is 14.6 Å². The molecular formula is C8H16O3. The second-order valence-corrected chi connectivity index (χ2v) is 1.89. The lowest BCUT2D eigenvalue weighted by molar-refractivity contribution is -0.104. The highest BCUT2D eigenvalue weighted by atomic mass is 16.7. The normalized spacial score (nSPS) is 11.6. The first-order chi connectivity index (χ1) is 5.35. The highest BCUT2D eigenvalue weighted by molar-refractivity contribution is 4.84. The molecule has 0 amide bonds. The smallest absolute Gasteiger partial charge is 0.176 e. The predicted molar refractivity (Wildman–Crippen MR) is 43.3 cm³/mol. The average molecular weight is 160 g/mol. The highest BCUT2D eigenvalue weighted by Gasteiger charge is 2.00. The molecule has 0 aliphatic carbocycles. The van der Waals surface area contributed by atoms with Crippen molar-refractivity contribution < 1.29 is 14.6 Å². The molecular weight excluding hydrogens is 144 g/mol. The topological polar surface area (TPSA) is 38.7 Å². The van der Waals surface area contributed by atoms with Gasteiger partial charge >= 0.3 is 0 Å². The lowest BCUT2D eigenvalue weighted by atomic mass is 10.5. The third-order valence-electron chi connectivity index (χ3n) is 1.06. The minimum Gasteiger partial charge on any atom is -0.392 e. The van der Waals surface area contributed by atoms with Crippen molar-refractivity contribution in [2.45, 2.75) is 20.1 Å². The quantitative estimate of drug-likeness (QED) is 0.464. The summed E-state index contributed by atoms with van der Waals surface area (Å²) < 4.78 is 10.3. The Hall–Kier alpha value is -0.380. The molecule has 0 atom stereocenters. The standard InChI is InChI=1S/C8H16O3/c1-3-10-8(11-4-2)6-5-7-9/h5-6,8-9H,3-4,7H2,1-2H3. The van der Waals surface area contributed by atoms with E-state index in [0.717, 1.165) is 0 Å². The molecule has 0 heterocycles. The van der Waals surface area contributed by atoms with Crippen molar-refractivity contribution in [1.82, 2.24) is 0 Å². The Balaban J connectivity index is 3.58. The van der Waals surface area contributed by atoms with Crippen LogP contribution in [0.15, 0.2) is 12.2 Å². The maximum atomic E-state index is 8.45. The summed E-state index contributed by atoms with van der Waals surface area (Å²) in [5, 5.41) is 8.45. The number of hydrogen-bond acceptors (Lipinski definition) is 3. The van der Waals surface area contributed by atoms with Crippen molar-refractivity contribution in [1.29, 1.82) is 0 Å². The van der Waals surface area contributed by atoms with E-state index in [1.165, 1.54) is 0 Å². The Morgan fingerprint density at radius 1 is 1.27 bits per heavy atom. The largest absolute Gasteiger partial charge is 0.392 e. The SMILES string of the molecule is CCOC(C=CCO)OCC. The zero-order valence-electron chi connectivity index (χ0n) is 7.12. The predicted octanol–water partition coefficient (Wildman–Crippen LogP) is 0.934. The molecule has 0 bridgehead atoms. The molecule has 0 saturated carbocycles. The molecule has 66 valence electrons. The van der Waals surface area contributed by atoms with E-state index in [9.17, 15) is 0 Å². The van der Waals surface area contributed by atoms with Gasteiger partial charge in [0.25, 0.3) is 0 Å². The molecule has 0 aromatic carbocycles. The zero-order valence-corrected chi connectivity index (χ0v) is 7.12. The maximum absolute atomic E-state index is 8.45. The first kappa shape index (κ1) is 10.6. The molecule has 0 aromatic heterocycles. The molecule has 0 aliphatic heterocycles. The van der Waals surface area contributed by atoms with Gasteiger partial charge < -0.3 is 14.6 Å². The van der Waals surface area contributed by atoms with Crippen LogP contribution in [-0.2, 0) is 9.47 Å². The second-order valence-electron chi connectivity index (χ2n) is 1.89.